The van der Waals surface area contributed by atoms with E-state index in [1.165, 1.54) is 186 Å². The first kappa shape index (κ1) is 64.1. The number of carbonyl (C=O) groups excluding carboxylic acids is 1. The van der Waals surface area contributed by atoms with Gasteiger partial charge in [0.2, 0.25) is 5.91 Å². The molecular weight excluding hydrogens is 874 g/mol. The van der Waals surface area contributed by atoms with Crippen LogP contribution < -0.4 is 5.32 Å². The first-order valence-corrected chi connectivity index (χ1v) is 29.2. The van der Waals surface area contributed by atoms with Gasteiger partial charge in [-0.05, 0) is 19.3 Å². The molecule has 13 nitrogen and oxygen atoms in total. The second kappa shape index (κ2) is 42.7. The van der Waals surface area contributed by atoms with Gasteiger partial charge in [-0.1, -0.05) is 244 Å². The van der Waals surface area contributed by atoms with Gasteiger partial charge in [0.25, 0.3) is 0 Å². The van der Waals surface area contributed by atoms with E-state index in [0.717, 1.165) is 44.9 Å². The number of unbranched alkanes of at least 4 members (excludes halogenated alkanes) is 34. The number of rotatable bonds is 47. The summed E-state index contributed by atoms with van der Waals surface area (Å²) < 4.78 is 23.0. The van der Waals surface area contributed by atoms with Gasteiger partial charge >= 0.3 is 7.82 Å². The van der Waals surface area contributed by atoms with Gasteiger partial charge in [0.05, 0.1) is 31.3 Å². The van der Waals surface area contributed by atoms with Crippen molar-refractivity contribution < 1.29 is 59.0 Å². The minimum Gasteiger partial charge on any atom is -0.393 e. The zero-order valence-electron chi connectivity index (χ0n) is 42.6. The molecule has 0 aromatic heterocycles. The van der Waals surface area contributed by atoms with Gasteiger partial charge in [-0.25, -0.2) is 4.57 Å². The molecule has 0 heterocycles. The Morgan fingerprint density at radius 3 is 1.22 bits per heavy atom. The molecule has 1 rings (SSSR count). The molecular formula is C53H104NO12P. The van der Waals surface area contributed by atoms with Crippen molar-refractivity contribution in [3.05, 3.63) is 12.2 Å². The maximum atomic E-state index is 13.1. The lowest BCUT2D eigenvalue weighted by Gasteiger charge is -2.41. The van der Waals surface area contributed by atoms with Crippen LogP contribution in [-0.4, -0.2) is 108 Å². The van der Waals surface area contributed by atoms with Gasteiger partial charge in [0.15, 0.2) is 0 Å². The van der Waals surface area contributed by atoms with Crippen LogP contribution in [0.15, 0.2) is 12.2 Å². The first-order valence-electron chi connectivity index (χ1n) is 27.7. The quantitative estimate of drug-likeness (QED) is 0.0158. The molecule has 0 aromatic carbocycles. The Bertz CT molecular complexity index is 1200. The Hall–Kier alpha value is -0.960. The highest BCUT2D eigenvalue weighted by molar-refractivity contribution is 7.47. The highest BCUT2D eigenvalue weighted by Crippen LogP contribution is 2.47. The van der Waals surface area contributed by atoms with Crippen molar-refractivity contribution in [2.75, 3.05) is 6.61 Å². The number of phosphoric acid groups is 1. The largest absolute Gasteiger partial charge is 0.472 e. The lowest BCUT2D eigenvalue weighted by molar-refractivity contribution is -0.220. The fraction of sp³-hybridized carbons (Fsp3) is 0.943. The Morgan fingerprint density at radius 2 is 0.851 bits per heavy atom. The van der Waals surface area contributed by atoms with Crippen LogP contribution in [0.2, 0.25) is 0 Å². The summed E-state index contributed by atoms with van der Waals surface area (Å²) >= 11 is 0. The first-order chi connectivity index (χ1) is 32.3. The minimum atomic E-state index is -5.14. The fourth-order valence-electron chi connectivity index (χ4n) is 9.13. The number of nitrogens with one attached hydrogen (secondary N) is 1. The number of aliphatic hydroxyl groups is 7. The van der Waals surface area contributed by atoms with Crippen LogP contribution >= 0.6 is 7.82 Å². The molecule has 1 aliphatic carbocycles. The third kappa shape index (κ3) is 34.1. The number of carbonyl (C=O) groups is 1. The normalized spacial score (nSPS) is 22.2. The summed E-state index contributed by atoms with van der Waals surface area (Å²) in [4.78, 5) is 23.5. The molecule has 0 saturated heterocycles. The van der Waals surface area contributed by atoms with Gasteiger partial charge in [0, 0.05) is 0 Å². The average molecular weight is 978 g/mol. The van der Waals surface area contributed by atoms with E-state index in [1.807, 2.05) is 0 Å². The molecule has 1 fully saturated rings. The van der Waals surface area contributed by atoms with E-state index in [0.29, 0.717) is 12.8 Å². The standard InChI is InChI=1S/C53H104NO12P/c1-3-5-7-9-11-13-15-17-19-21-22-23-24-25-26-28-30-32-34-36-38-40-44(55)42-47(57)54-45(43-65-67(63,64)66-53-51(61)49(59)48(58)50(60)52(53)62)46(56)41-39-37-35-33-31-29-27-20-18-16-14-12-10-8-6-4-2/h39,41,44-46,48-53,55-56,58-62H,3-38,40,42-43H2,1-2H3,(H,54,57)(H,63,64)/b41-39+. The van der Waals surface area contributed by atoms with E-state index < -0.39 is 75.2 Å². The molecule has 1 amide bonds. The van der Waals surface area contributed by atoms with Gasteiger partial charge in [-0.15, -0.1) is 0 Å². The Kier molecular flexibility index (Phi) is 40.8. The lowest BCUT2D eigenvalue weighted by atomic mass is 9.85. The van der Waals surface area contributed by atoms with Gasteiger partial charge in [-0.2, -0.15) is 0 Å². The summed E-state index contributed by atoms with van der Waals surface area (Å²) in [6.07, 6.45) is 34.4. The van der Waals surface area contributed by atoms with Crippen LogP contribution in [0.25, 0.3) is 0 Å². The number of phosphoric ester groups is 1. The monoisotopic (exact) mass is 978 g/mol. The summed E-state index contributed by atoms with van der Waals surface area (Å²) in [6.45, 7) is 3.78. The fourth-order valence-corrected chi connectivity index (χ4v) is 10.1. The Morgan fingerprint density at radius 1 is 0.522 bits per heavy atom. The van der Waals surface area contributed by atoms with E-state index in [4.69, 9.17) is 9.05 Å². The molecule has 0 bridgehead atoms. The molecule has 8 atom stereocenters. The van der Waals surface area contributed by atoms with E-state index in [1.54, 1.807) is 6.08 Å². The minimum absolute atomic E-state index is 0.239. The van der Waals surface area contributed by atoms with Crippen molar-refractivity contribution in [3.63, 3.8) is 0 Å². The van der Waals surface area contributed by atoms with Crippen molar-refractivity contribution in [2.45, 2.75) is 313 Å². The van der Waals surface area contributed by atoms with Crippen molar-refractivity contribution in [1.82, 2.24) is 5.32 Å². The predicted octanol–water partition coefficient (Wildman–Crippen LogP) is 10.9. The third-order valence-corrected chi connectivity index (χ3v) is 14.6. The summed E-state index contributed by atoms with van der Waals surface area (Å²) in [5, 5.41) is 74.8. The highest BCUT2D eigenvalue weighted by atomic mass is 31.2. The van der Waals surface area contributed by atoms with Crippen LogP contribution in [-0.2, 0) is 18.4 Å². The number of hydrogen-bond donors (Lipinski definition) is 9. The van der Waals surface area contributed by atoms with Crippen molar-refractivity contribution in [2.24, 2.45) is 0 Å². The molecule has 0 spiro atoms. The van der Waals surface area contributed by atoms with E-state index >= 15 is 0 Å². The SMILES string of the molecule is CCCCCCCCCCCCCCCC/C=C/C(O)C(COP(=O)(O)OC1C(O)C(O)C(O)C(O)C1O)NC(=O)CC(O)CCCCCCCCCCCCCCCCCCCCCCC. The lowest BCUT2D eigenvalue weighted by Crippen LogP contribution is -2.64. The van der Waals surface area contributed by atoms with Crippen LogP contribution in [0.5, 0.6) is 0 Å². The second-order valence-electron chi connectivity index (χ2n) is 20.0. The predicted molar refractivity (Wildman–Crippen MR) is 271 cm³/mol. The molecule has 14 heteroatoms. The molecule has 0 aliphatic heterocycles. The van der Waals surface area contributed by atoms with Gasteiger partial charge in [0.1, 0.15) is 36.6 Å². The van der Waals surface area contributed by atoms with E-state index in [-0.39, 0.29) is 6.42 Å². The molecule has 1 saturated carbocycles. The molecule has 0 aromatic rings. The zero-order chi connectivity index (χ0) is 49.4. The summed E-state index contributed by atoms with van der Waals surface area (Å²) in [5.74, 6) is -0.587. The van der Waals surface area contributed by atoms with Crippen molar-refractivity contribution in [1.29, 1.82) is 0 Å². The zero-order valence-corrected chi connectivity index (χ0v) is 43.5. The number of amides is 1. The summed E-state index contributed by atoms with van der Waals surface area (Å²) in [5.41, 5.74) is 0. The summed E-state index contributed by atoms with van der Waals surface area (Å²) in [7, 11) is -5.14. The number of aliphatic hydroxyl groups excluding tert-OH is 7. The topological polar surface area (TPSA) is 226 Å². The van der Waals surface area contributed by atoms with E-state index in [2.05, 4.69) is 19.2 Å². The van der Waals surface area contributed by atoms with E-state index in [9.17, 15) is 50.0 Å². The number of allylic oxidation sites excluding steroid dienone is 1. The Labute approximate surface area is 408 Å². The van der Waals surface area contributed by atoms with Crippen LogP contribution in [0.1, 0.15) is 258 Å². The molecule has 9 N–H and O–H groups in total. The van der Waals surface area contributed by atoms with Crippen molar-refractivity contribution >= 4 is 13.7 Å². The number of hydrogen-bond acceptors (Lipinski definition) is 11. The van der Waals surface area contributed by atoms with Gasteiger partial charge < -0.3 is 46.0 Å². The maximum Gasteiger partial charge on any atom is 0.472 e. The molecule has 0 radical (unpaired) electrons. The smallest absolute Gasteiger partial charge is 0.393 e. The molecule has 398 valence electrons. The van der Waals surface area contributed by atoms with Crippen LogP contribution in [0.3, 0.4) is 0 Å². The molecule has 8 unspecified atom stereocenters. The highest BCUT2D eigenvalue weighted by Gasteiger charge is 2.51. The third-order valence-electron chi connectivity index (χ3n) is 13.6. The maximum absolute atomic E-state index is 13.1. The second-order valence-corrected chi connectivity index (χ2v) is 21.4. The average Bonchev–Trinajstić information content (AvgIpc) is 3.30. The van der Waals surface area contributed by atoms with Crippen LogP contribution in [0, 0.1) is 0 Å². The molecule has 67 heavy (non-hydrogen) atoms. The Balaban J connectivity index is 2.41. The van der Waals surface area contributed by atoms with Gasteiger partial charge in [-0.3, -0.25) is 13.8 Å². The van der Waals surface area contributed by atoms with Crippen LogP contribution in [0.4, 0.5) is 0 Å². The summed E-state index contributed by atoms with van der Waals surface area (Å²) in [6, 6.07) is -1.24. The molecule has 1 aliphatic rings. The van der Waals surface area contributed by atoms with Crippen molar-refractivity contribution in [3.8, 4) is 0 Å².